The lowest BCUT2D eigenvalue weighted by Crippen LogP contribution is -1.94. The van der Waals surface area contributed by atoms with E-state index in [2.05, 4.69) is 22.1 Å². The van der Waals surface area contributed by atoms with E-state index in [0.717, 1.165) is 28.5 Å². The Balaban J connectivity index is 1.69. The van der Waals surface area contributed by atoms with Crippen LogP contribution in [0.1, 0.15) is 17.0 Å². The topological polar surface area (TPSA) is 37.9 Å². The van der Waals surface area contributed by atoms with Crippen molar-refractivity contribution in [1.29, 1.82) is 0 Å². The minimum absolute atomic E-state index is 0.582. The number of aryl methyl sites for hydroxylation is 2. The van der Waals surface area contributed by atoms with Crippen LogP contribution in [0.5, 0.6) is 5.75 Å². The molecule has 0 saturated carbocycles. The fraction of sp³-hybridized carbons (Fsp3) is 0.167. The number of rotatable bonds is 4. The number of aromatic nitrogens is 2. The van der Waals surface area contributed by atoms with Crippen LogP contribution < -0.4 is 4.74 Å². The molecule has 0 aliphatic heterocycles. The highest BCUT2D eigenvalue weighted by Crippen LogP contribution is 2.21. The molecule has 0 saturated heterocycles. The summed E-state index contributed by atoms with van der Waals surface area (Å²) >= 11 is 0. The van der Waals surface area contributed by atoms with Crippen LogP contribution in [0.15, 0.2) is 54.6 Å². The summed E-state index contributed by atoms with van der Waals surface area (Å²) in [6.07, 6.45) is 0. The summed E-state index contributed by atoms with van der Waals surface area (Å²) in [7, 11) is 0. The van der Waals surface area contributed by atoms with Crippen molar-refractivity contribution < 1.29 is 4.74 Å². The summed E-state index contributed by atoms with van der Waals surface area (Å²) in [5.41, 5.74) is 4.38. The van der Waals surface area contributed by atoms with Crippen molar-refractivity contribution in [2.45, 2.75) is 20.5 Å². The first-order valence-electron chi connectivity index (χ1n) is 7.03. The predicted octanol–water partition coefficient (Wildman–Crippen LogP) is 4.27. The molecule has 3 aromatic rings. The van der Waals surface area contributed by atoms with E-state index >= 15 is 0 Å². The van der Waals surface area contributed by atoms with Crippen molar-refractivity contribution in [3.05, 3.63) is 71.5 Å². The lowest BCUT2D eigenvalue weighted by atomic mass is 10.2. The van der Waals surface area contributed by atoms with Gasteiger partial charge in [0, 0.05) is 11.3 Å². The van der Waals surface area contributed by atoms with Gasteiger partial charge in [-0.15, -0.1) is 0 Å². The number of imidazole rings is 1. The van der Waals surface area contributed by atoms with E-state index in [-0.39, 0.29) is 0 Å². The van der Waals surface area contributed by atoms with Crippen molar-refractivity contribution in [1.82, 2.24) is 9.97 Å². The Bertz CT molecular complexity index is 695. The van der Waals surface area contributed by atoms with Crippen molar-refractivity contribution in [2.75, 3.05) is 0 Å². The van der Waals surface area contributed by atoms with Crippen LogP contribution in [0.3, 0.4) is 0 Å². The molecule has 21 heavy (non-hydrogen) atoms. The van der Waals surface area contributed by atoms with Crippen molar-refractivity contribution in [2.24, 2.45) is 0 Å². The van der Waals surface area contributed by atoms with Gasteiger partial charge in [0.15, 0.2) is 0 Å². The van der Waals surface area contributed by atoms with Gasteiger partial charge in [-0.2, -0.15) is 0 Å². The summed E-state index contributed by atoms with van der Waals surface area (Å²) in [5.74, 6) is 1.77. The fourth-order valence-electron chi connectivity index (χ4n) is 2.13. The second-order valence-corrected chi connectivity index (χ2v) is 5.09. The normalized spacial score (nSPS) is 10.6. The lowest BCUT2D eigenvalue weighted by molar-refractivity contribution is 0.306. The quantitative estimate of drug-likeness (QED) is 0.773. The van der Waals surface area contributed by atoms with Gasteiger partial charge in [0.1, 0.15) is 18.2 Å². The Kier molecular flexibility index (Phi) is 3.73. The van der Waals surface area contributed by atoms with Crippen LogP contribution in [0.25, 0.3) is 11.4 Å². The van der Waals surface area contributed by atoms with Crippen LogP contribution >= 0.6 is 0 Å². The molecule has 0 bridgehead atoms. The molecule has 1 N–H and O–H groups in total. The number of aromatic amines is 1. The zero-order chi connectivity index (χ0) is 14.7. The zero-order valence-electron chi connectivity index (χ0n) is 12.3. The smallest absolute Gasteiger partial charge is 0.137 e. The number of H-pyrrole nitrogens is 1. The minimum atomic E-state index is 0.582. The highest BCUT2D eigenvalue weighted by atomic mass is 16.5. The van der Waals surface area contributed by atoms with E-state index in [1.165, 1.54) is 5.56 Å². The summed E-state index contributed by atoms with van der Waals surface area (Å²) in [4.78, 5) is 7.79. The number of hydrogen-bond acceptors (Lipinski definition) is 2. The molecule has 0 atom stereocenters. The predicted molar refractivity (Wildman–Crippen MR) is 84.3 cm³/mol. The molecule has 0 radical (unpaired) electrons. The summed E-state index contributed by atoms with van der Waals surface area (Å²) in [6, 6.07) is 18.2. The highest BCUT2D eigenvalue weighted by molar-refractivity contribution is 5.57. The first-order chi connectivity index (χ1) is 10.2. The molecule has 3 nitrogen and oxygen atoms in total. The second kappa shape index (κ2) is 5.83. The number of hydrogen-bond donors (Lipinski definition) is 1. The minimum Gasteiger partial charge on any atom is -0.489 e. The molecular formula is C18H18N2O. The van der Waals surface area contributed by atoms with Crippen molar-refractivity contribution in [3.8, 4) is 17.1 Å². The first-order valence-corrected chi connectivity index (χ1v) is 7.03. The maximum Gasteiger partial charge on any atom is 0.137 e. The van der Waals surface area contributed by atoms with Gasteiger partial charge in [0.05, 0.1) is 5.69 Å². The molecule has 106 valence electrons. The molecule has 3 heteroatoms. The van der Waals surface area contributed by atoms with E-state index in [0.29, 0.717) is 6.61 Å². The molecule has 3 rings (SSSR count). The van der Waals surface area contributed by atoms with Crippen LogP contribution in [-0.2, 0) is 6.61 Å². The monoisotopic (exact) mass is 278 g/mol. The zero-order valence-corrected chi connectivity index (χ0v) is 12.3. The lowest BCUT2D eigenvalue weighted by Gasteiger charge is -2.06. The van der Waals surface area contributed by atoms with Gasteiger partial charge in [-0.1, -0.05) is 30.3 Å². The summed E-state index contributed by atoms with van der Waals surface area (Å²) in [5, 5.41) is 0. The number of nitrogens with zero attached hydrogens (tertiary/aromatic N) is 1. The summed E-state index contributed by atoms with van der Waals surface area (Å²) < 4.78 is 5.78. The molecule has 2 aromatic carbocycles. The highest BCUT2D eigenvalue weighted by Gasteiger charge is 2.05. The molecule has 0 fully saturated rings. The number of nitrogens with one attached hydrogen (secondary N) is 1. The average molecular weight is 278 g/mol. The van der Waals surface area contributed by atoms with Gasteiger partial charge >= 0.3 is 0 Å². The molecule has 1 aromatic heterocycles. The van der Waals surface area contributed by atoms with E-state index in [1.807, 2.05) is 56.3 Å². The Morgan fingerprint density at radius 2 is 1.67 bits per heavy atom. The third kappa shape index (κ3) is 3.14. The standard InChI is InChI=1S/C18H18N2O/c1-13-14(2)20-18(19-13)16-8-10-17(11-9-16)21-12-15-6-4-3-5-7-15/h3-11H,12H2,1-2H3,(H,19,20). The Morgan fingerprint density at radius 1 is 0.952 bits per heavy atom. The molecule has 0 aliphatic rings. The Morgan fingerprint density at radius 3 is 2.29 bits per heavy atom. The number of benzene rings is 2. The SMILES string of the molecule is Cc1nc(-c2ccc(OCc3ccccc3)cc2)[nH]c1C. The van der Waals surface area contributed by atoms with Gasteiger partial charge in [-0.05, 0) is 43.7 Å². The molecule has 0 spiro atoms. The van der Waals surface area contributed by atoms with E-state index in [4.69, 9.17) is 4.74 Å². The van der Waals surface area contributed by atoms with Crippen LogP contribution in [0.4, 0.5) is 0 Å². The van der Waals surface area contributed by atoms with Gasteiger partial charge in [-0.3, -0.25) is 0 Å². The van der Waals surface area contributed by atoms with Crippen molar-refractivity contribution in [3.63, 3.8) is 0 Å². The van der Waals surface area contributed by atoms with Crippen molar-refractivity contribution >= 4 is 0 Å². The Labute approximate surface area is 124 Å². The van der Waals surface area contributed by atoms with E-state index < -0.39 is 0 Å². The molecule has 0 unspecified atom stereocenters. The molecule has 0 aliphatic carbocycles. The molecule has 0 amide bonds. The van der Waals surface area contributed by atoms with Crippen LogP contribution in [-0.4, -0.2) is 9.97 Å². The molecular weight excluding hydrogens is 260 g/mol. The first kappa shape index (κ1) is 13.4. The van der Waals surface area contributed by atoms with Gasteiger partial charge in [0.25, 0.3) is 0 Å². The maximum atomic E-state index is 5.78. The van der Waals surface area contributed by atoms with Gasteiger partial charge in [-0.25, -0.2) is 4.98 Å². The maximum absolute atomic E-state index is 5.78. The van der Waals surface area contributed by atoms with Gasteiger partial charge < -0.3 is 9.72 Å². The van der Waals surface area contributed by atoms with Crippen LogP contribution in [0.2, 0.25) is 0 Å². The third-order valence-electron chi connectivity index (χ3n) is 3.50. The van der Waals surface area contributed by atoms with Gasteiger partial charge in [0.2, 0.25) is 0 Å². The molecule has 1 heterocycles. The third-order valence-corrected chi connectivity index (χ3v) is 3.50. The second-order valence-electron chi connectivity index (χ2n) is 5.09. The number of ether oxygens (including phenoxy) is 1. The van der Waals surface area contributed by atoms with E-state index in [9.17, 15) is 0 Å². The van der Waals surface area contributed by atoms with E-state index in [1.54, 1.807) is 0 Å². The average Bonchev–Trinajstić information content (AvgIpc) is 2.86. The van der Waals surface area contributed by atoms with Crippen LogP contribution in [0, 0.1) is 13.8 Å². The summed E-state index contributed by atoms with van der Waals surface area (Å²) in [6.45, 7) is 4.62. The fourth-order valence-corrected chi connectivity index (χ4v) is 2.13. The Hall–Kier alpha value is -2.55. The largest absolute Gasteiger partial charge is 0.489 e.